The molecule has 20 heavy (non-hydrogen) atoms. The summed E-state index contributed by atoms with van der Waals surface area (Å²) in [5.74, 6) is 0. The molecule has 0 spiro atoms. The predicted molar refractivity (Wildman–Crippen MR) is 87.3 cm³/mol. The van der Waals surface area contributed by atoms with Crippen molar-refractivity contribution in [3.8, 4) is 0 Å². The second-order valence-corrected chi connectivity index (χ2v) is 6.30. The standard InChI is InChI=1S/C18H30N2/c1-15-12-17(3)18(13-16(15)2)14-19-8-7-11-20-9-5-4-6-10-20/h12-13,19H,4-11,14H2,1-3H3. The van der Waals surface area contributed by atoms with Gasteiger partial charge in [0.1, 0.15) is 0 Å². The lowest BCUT2D eigenvalue weighted by Gasteiger charge is -2.26. The van der Waals surface area contributed by atoms with Gasteiger partial charge in [-0.1, -0.05) is 18.6 Å². The highest BCUT2D eigenvalue weighted by Crippen LogP contribution is 2.15. The molecule has 1 aliphatic rings. The fourth-order valence-electron chi connectivity index (χ4n) is 3.04. The zero-order valence-corrected chi connectivity index (χ0v) is 13.5. The van der Waals surface area contributed by atoms with Crippen LogP contribution in [0.25, 0.3) is 0 Å². The van der Waals surface area contributed by atoms with Crippen molar-refractivity contribution in [3.63, 3.8) is 0 Å². The van der Waals surface area contributed by atoms with E-state index < -0.39 is 0 Å². The van der Waals surface area contributed by atoms with E-state index in [9.17, 15) is 0 Å². The normalized spacial score (nSPS) is 16.6. The molecule has 0 aliphatic carbocycles. The van der Waals surface area contributed by atoms with Gasteiger partial charge < -0.3 is 10.2 Å². The highest BCUT2D eigenvalue weighted by Gasteiger charge is 2.08. The molecule has 0 bridgehead atoms. The number of hydrogen-bond donors (Lipinski definition) is 1. The minimum atomic E-state index is 1.01. The van der Waals surface area contributed by atoms with Gasteiger partial charge in [-0.25, -0.2) is 0 Å². The average Bonchev–Trinajstić information content (AvgIpc) is 2.45. The van der Waals surface area contributed by atoms with E-state index in [1.54, 1.807) is 0 Å². The second kappa shape index (κ2) is 7.80. The Hall–Kier alpha value is -0.860. The van der Waals surface area contributed by atoms with Crippen LogP contribution in [0.4, 0.5) is 0 Å². The maximum absolute atomic E-state index is 3.60. The molecule has 112 valence electrons. The van der Waals surface area contributed by atoms with Crippen LogP contribution < -0.4 is 5.32 Å². The summed E-state index contributed by atoms with van der Waals surface area (Å²) in [6, 6.07) is 4.64. The van der Waals surface area contributed by atoms with Gasteiger partial charge in [-0.05, 0) is 88.5 Å². The molecule has 1 aliphatic heterocycles. The smallest absolute Gasteiger partial charge is 0.0208 e. The van der Waals surface area contributed by atoms with Gasteiger partial charge in [-0.15, -0.1) is 0 Å². The quantitative estimate of drug-likeness (QED) is 0.798. The van der Waals surface area contributed by atoms with E-state index in [1.807, 2.05) is 0 Å². The summed E-state index contributed by atoms with van der Waals surface area (Å²) in [4.78, 5) is 2.62. The Kier molecular flexibility index (Phi) is 6.06. The average molecular weight is 274 g/mol. The first-order chi connectivity index (χ1) is 9.66. The van der Waals surface area contributed by atoms with E-state index in [0.717, 1.165) is 13.1 Å². The molecule has 1 fully saturated rings. The topological polar surface area (TPSA) is 15.3 Å². The Bertz CT molecular complexity index is 420. The zero-order valence-electron chi connectivity index (χ0n) is 13.5. The molecule has 1 aromatic rings. The molecule has 2 rings (SSSR count). The molecule has 1 heterocycles. The lowest BCUT2D eigenvalue weighted by molar-refractivity contribution is 0.225. The fraction of sp³-hybridized carbons (Fsp3) is 0.667. The number of rotatable bonds is 6. The van der Waals surface area contributed by atoms with Crippen molar-refractivity contribution in [3.05, 3.63) is 34.4 Å². The number of hydrogen-bond acceptors (Lipinski definition) is 2. The van der Waals surface area contributed by atoms with Crippen molar-refractivity contribution in [2.24, 2.45) is 0 Å². The molecule has 0 unspecified atom stereocenters. The van der Waals surface area contributed by atoms with Crippen LogP contribution in [0.15, 0.2) is 12.1 Å². The molecule has 1 saturated heterocycles. The first-order valence-corrected chi connectivity index (χ1v) is 8.16. The molecule has 1 aromatic carbocycles. The molecule has 0 saturated carbocycles. The summed E-state index contributed by atoms with van der Waals surface area (Å²) in [7, 11) is 0. The largest absolute Gasteiger partial charge is 0.313 e. The number of nitrogens with zero attached hydrogens (tertiary/aromatic N) is 1. The Morgan fingerprint density at radius 3 is 2.40 bits per heavy atom. The second-order valence-electron chi connectivity index (χ2n) is 6.30. The summed E-state index contributed by atoms with van der Waals surface area (Å²) in [5.41, 5.74) is 5.67. The first kappa shape index (κ1) is 15.5. The van der Waals surface area contributed by atoms with Gasteiger partial charge in [0.05, 0.1) is 0 Å². The van der Waals surface area contributed by atoms with Crippen LogP contribution in [0.5, 0.6) is 0 Å². The maximum atomic E-state index is 3.60. The highest BCUT2D eigenvalue weighted by molar-refractivity contribution is 5.36. The van der Waals surface area contributed by atoms with Gasteiger partial charge in [0.15, 0.2) is 0 Å². The molecule has 0 atom stereocenters. The highest BCUT2D eigenvalue weighted by atomic mass is 15.1. The van der Waals surface area contributed by atoms with Gasteiger partial charge in [-0.3, -0.25) is 0 Å². The van der Waals surface area contributed by atoms with Crippen molar-refractivity contribution in [2.45, 2.75) is 53.0 Å². The van der Waals surface area contributed by atoms with Crippen LogP contribution in [-0.4, -0.2) is 31.1 Å². The lowest BCUT2D eigenvalue weighted by Crippen LogP contribution is -2.32. The van der Waals surface area contributed by atoms with Gasteiger partial charge in [0.25, 0.3) is 0 Å². The number of likely N-dealkylation sites (tertiary alicyclic amines) is 1. The van der Waals surface area contributed by atoms with Gasteiger partial charge in [-0.2, -0.15) is 0 Å². The van der Waals surface area contributed by atoms with Crippen molar-refractivity contribution in [1.82, 2.24) is 10.2 Å². The summed E-state index contributed by atoms with van der Waals surface area (Å²) in [5, 5.41) is 3.60. The van der Waals surface area contributed by atoms with Gasteiger partial charge in [0.2, 0.25) is 0 Å². The number of aryl methyl sites for hydroxylation is 3. The van der Waals surface area contributed by atoms with E-state index in [1.165, 1.54) is 67.6 Å². The summed E-state index contributed by atoms with van der Waals surface area (Å²) >= 11 is 0. The number of nitrogens with one attached hydrogen (secondary N) is 1. The SMILES string of the molecule is Cc1cc(C)c(CNCCCN2CCCCC2)cc1C. The fourth-order valence-corrected chi connectivity index (χ4v) is 3.04. The minimum Gasteiger partial charge on any atom is -0.313 e. The predicted octanol–water partition coefficient (Wildman–Crippen LogP) is 3.58. The van der Waals surface area contributed by atoms with Crippen molar-refractivity contribution in [1.29, 1.82) is 0 Å². The zero-order chi connectivity index (χ0) is 14.4. The van der Waals surface area contributed by atoms with E-state index in [4.69, 9.17) is 0 Å². The number of piperidine rings is 1. The maximum Gasteiger partial charge on any atom is 0.0208 e. The van der Waals surface area contributed by atoms with Crippen LogP contribution in [0, 0.1) is 20.8 Å². The Morgan fingerprint density at radius 2 is 1.65 bits per heavy atom. The molecule has 0 aromatic heterocycles. The van der Waals surface area contributed by atoms with E-state index in [-0.39, 0.29) is 0 Å². The molecule has 2 heteroatoms. The first-order valence-electron chi connectivity index (χ1n) is 8.16. The molecule has 1 N–H and O–H groups in total. The third-order valence-corrected chi connectivity index (χ3v) is 4.54. The van der Waals surface area contributed by atoms with Crippen LogP contribution in [0.2, 0.25) is 0 Å². The van der Waals surface area contributed by atoms with E-state index in [0.29, 0.717) is 0 Å². The van der Waals surface area contributed by atoms with Crippen molar-refractivity contribution in [2.75, 3.05) is 26.2 Å². The third kappa shape index (κ3) is 4.60. The van der Waals surface area contributed by atoms with E-state index >= 15 is 0 Å². The van der Waals surface area contributed by atoms with Crippen LogP contribution in [-0.2, 0) is 6.54 Å². The molecular formula is C18H30N2. The molecule has 0 amide bonds. The Balaban J connectivity index is 1.66. The van der Waals surface area contributed by atoms with Gasteiger partial charge in [0, 0.05) is 6.54 Å². The Labute approximate surface area is 124 Å². The van der Waals surface area contributed by atoms with Crippen LogP contribution >= 0.6 is 0 Å². The Morgan fingerprint density at radius 1 is 0.950 bits per heavy atom. The number of benzene rings is 1. The molecule has 0 radical (unpaired) electrons. The van der Waals surface area contributed by atoms with Crippen molar-refractivity contribution < 1.29 is 0 Å². The molecule has 2 nitrogen and oxygen atoms in total. The molecular weight excluding hydrogens is 244 g/mol. The van der Waals surface area contributed by atoms with Crippen LogP contribution in [0.3, 0.4) is 0 Å². The summed E-state index contributed by atoms with van der Waals surface area (Å²) in [6.07, 6.45) is 5.50. The van der Waals surface area contributed by atoms with E-state index in [2.05, 4.69) is 43.1 Å². The van der Waals surface area contributed by atoms with Crippen LogP contribution in [0.1, 0.15) is 47.9 Å². The summed E-state index contributed by atoms with van der Waals surface area (Å²) in [6.45, 7) is 12.6. The summed E-state index contributed by atoms with van der Waals surface area (Å²) < 4.78 is 0. The van der Waals surface area contributed by atoms with Gasteiger partial charge >= 0.3 is 0 Å². The lowest BCUT2D eigenvalue weighted by atomic mass is 10.0. The van der Waals surface area contributed by atoms with Crippen molar-refractivity contribution >= 4 is 0 Å². The monoisotopic (exact) mass is 274 g/mol. The third-order valence-electron chi connectivity index (χ3n) is 4.54. The minimum absolute atomic E-state index is 1.01.